The first-order chi connectivity index (χ1) is 15.2. The maximum Gasteiger partial charge on any atom is 0.471 e. The summed E-state index contributed by atoms with van der Waals surface area (Å²) in [6.07, 6.45) is -2.20. The van der Waals surface area contributed by atoms with Gasteiger partial charge in [-0.05, 0) is 39.2 Å². The summed E-state index contributed by atoms with van der Waals surface area (Å²) in [5.41, 5.74) is 0.776. The van der Waals surface area contributed by atoms with Gasteiger partial charge in [-0.2, -0.15) is 13.2 Å². The molecule has 8 heteroatoms. The van der Waals surface area contributed by atoms with Crippen molar-refractivity contribution in [3.8, 4) is 0 Å². The van der Waals surface area contributed by atoms with Crippen molar-refractivity contribution < 1.29 is 27.5 Å². The van der Waals surface area contributed by atoms with Crippen molar-refractivity contribution in [1.29, 1.82) is 0 Å². The first-order valence-corrected chi connectivity index (χ1v) is 11.3. The lowest BCUT2D eigenvalue weighted by Crippen LogP contribution is -2.63. The van der Waals surface area contributed by atoms with Crippen LogP contribution >= 0.6 is 0 Å². The third-order valence-corrected chi connectivity index (χ3v) is 6.05. The minimum Gasteiger partial charge on any atom is -0.444 e. The summed E-state index contributed by atoms with van der Waals surface area (Å²) in [6, 6.07) is 9.15. The van der Waals surface area contributed by atoms with Crippen LogP contribution in [0, 0.1) is 11.3 Å². The van der Waals surface area contributed by atoms with Gasteiger partial charge >= 0.3 is 18.2 Å². The fourth-order valence-corrected chi connectivity index (χ4v) is 4.50. The minimum atomic E-state index is -4.94. The van der Waals surface area contributed by atoms with Crippen molar-refractivity contribution >= 4 is 18.1 Å². The van der Waals surface area contributed by atoms with Crippen LogP contribution in [0.4, 0.5) is 18.0 Å². The number of rotatable bonds is 6. The highest BCUT2D eigenvalue weighted by molar-refractivity contribution is 5.83. The zero-order valence-electron chi connectivity index (χ0n) is 19.9. The van der Waals surface area contributed by atoms with E-state index in [0.29, 0.717) is 12.8 Å². The van der Waals surface area contributed by atoms with Crippen LogP contribution < -0.4 is 0 Å². The quantitative estimate of drug-likeness (QED) is 0.555. The van der Waals surface area contributed by atoms with Crippen LogP contribution in [-0.2, 0) is 9.53 Å². The van der Waals surface area contributed by atoms with Gasteiger partial charge in [0.2, 0.25) is 0 Å². The third-order valence-electron chi connectivity index (χ3n) is 6.05. The van der Waals surface area contributed by atoms with Crippen molar-refractivity contribution in [2.45, 2.75) is 65.3 Å². The number of carbonyl (C=O) groups is 2. The van der Waals surface area contributed by atoms with E-state index in [4.69, 9.17) is 4.74 Å². The molecular weight excluding hydrogens is 433 g/mol. The van der Waals surface area contributed by atoms with Crippen LogP contribution in [0.2, 0.25) is 0 Å². The molecule has 3 rings (SSSR count). The van der Waals surface area contributed by atoms with Gasteiger partial charge in [0.15, 0.2) is 0 Å². The van der Waals surface area contributed by atoms with Crippen molar-refractivity contribution in [2.75, 3.05) is 19.6 Å². The molecule has 182 valence electrons. The number of likely N-dealkylation sites (tertiary alicyclic amines) is 1. The zero-order valence-corrected chi connectivity index (χ0v) is 19.9. The highest BCUT2D eigenvalue weighted by Crippen LogP contribution is 2.46. The van der Waals surface area contributed by atoms with Crippen molar-refractivity contribution in [2.24, 2.45) is 11.3 Å². The molecule has 0 radical (unpaired) electrons. The Morgan fingerprint density at radius 2 is 1.79 bits per heavy atom. The fraction of sp³-hybridized carbons (Fsp3) is 0.600. The minimum absolute atomic E-state index is 0.0475. The van der Waals surface area contributed by atoms with E-state index in [-0.39, 0.29) is 25.6 Å². The van der Waals surface area contributed by atoms with Crippen LogP contribution in [0.25, 0.3) is 6.08 Å². The maximum absolute atomic E-state index is 13.4. The molecule has 33 heavy (non-hydrogen) atoms. The molecule has 1 aromatic rings. The standard InChI is InChI=1S/C25H33F3N2O3/c1-6-18(12-17-10-8-7-9-11-17)19-13-20(19)30(21(31)25(26,27)28)16-24(5)14-29(15-24)22(32)33-23(2,3)4/h7-12,19-20H,6,13-16H2,1-5H3/b18-12+/t19-,20+/m0/s1. The largest absolute Gasteiger partial charge is 0.471 e. The lowest BCUT2D eigenvalue weighted by molar-refractivity contribution is -0.189. The Morgan fingerprint density at radius 3 is 2.30 bits per heavy atom. The number of ether oxygens (including phenoxy) is 1. The van der Waals surface area contributed by atoms with Crippen LogP contribution in [0.3, 0.4) is 0 Å². The molecule has 0 spiro atoms. The highest BCUT2D eigenvalue weighted by atomic mass is 19.4. The van der Waals surface area contributed by atoms with E-state index in [0.717, 1.165) is 16.0 Å². The number of amides is 2. The normalized spacial score (nSPS) is 22.4. The topological polar surface area (TPSA) is 49.9 Å². The molecule has 1 saturated carbocycles. The number of hydrogen-bond acceptors (Lipinski definition) is 3. The Labute approximate surface area is 193 Å². The lowest BCUT2D eigenvalue weighted by atomic mass is 9.81. The van der Waals surface area contributed by atoms with Gasteiger partial charge in [-0.15, -0.1) is 0 Å². The number of alkyl halides is 3. The predicted octanol–water partition coefficient (Wildman–Crippen LogP) is 5.52. The molecule has 2 amide bonds. The van der Waals surface area contributed by atoms with Gasteiger partial charge in [0.1, 0.15) is 5.60 Å². The molecule has 1 heterocycles. The lowest BCUT2D eigenvalue weighted by Gasteiger charge is -2.49. The molecule has 1 aliphatic carbocycles. The zero-order chi connectivity index (χ0) is 24.6. The summed E-state index contributed by atoms with van der Waals surface area (Å²) in [5, 5.41) is 0. The smallest absolute Gasteiger partial charge is 0.444 e. The summed E-state index contributed by atoms with van der Waals surface area (Å²) in [4.78, 5) is 27.1. The molecule has 0 aromatic heterocycles. The average Bonchev–Trinajstić information content (AvgIpc) is 3.46. The maximum atomic E-state index is 13.4. The third kappa shape index (κ3) is 6.30. The van der Waals surface area contributed by atoms with E-state index in [1.54, 1.807) is 20.8 Å². The Kier molecular flexibility index (Phi) is 6.87. The van der Waals surface area contributed by atoms with Crippen LogP contribution in [0.5, 0.6) is 0 Å². The first-order valence-electron chi connectivity index (χ1n) is 11.3. The monoisotopic (exact) mass is 466 g/mol. The molecule has 2 atom stereocenters. The highest BCUT2D eigenvalue weighted by Gasteiger charge is 2.55. The van der Waals surface area contributed by atoms with Crippen molar-refractivity contribution in [3.05, 3.63) is 41.5 Å². The van der Waals surface area contributed by atoms with Crippen LogP contribution in [0.1, 0.15) is 53.0 Å². The van der Waals surface area contributed by atoms with Gasteiger partial charge < -0.3 is 14.5 Å². The van der Waals surface area contributed by atoms with Gasteiger partial charge in [-0.3, -0.25) is 4.79 Å². The van der Waals surface area contributed by atoms with Gasteiger partial charge in [-0.25, -0.2) is 4.79 Å². The van der Waals surface area contributed by atoms with Gasteiger partial charge in [-0.1, -0.05) is 55.8 Å². The molecule has 1 aromatic carbocycles. The predicted molar refractivity (Wildman–Crippen MR) is 120 cm³/mol. The summed E-state index contributed by atoms with van der Waals surface area (Å²) in [5.74, 6) is -1.89. The number of carbonyl (C=O) groups excluding carboxylic acids is 2. The Balaban J connectivity index is 1.72. The number of halogens is 3. The van der Waals surface area contributed by atoms with E-state index in [2.05, 4.69) is 0 Å². The molecule has 0 N–H and O–H groups in total. The molecule has 5 nitrogen and oxygen atoms in total. The Morgan fingerprint density at radius 1 is 1.18 bits per heavy atom. The van der Waals surface area contributed by atoms with Gasteiger partial charge in [0, 0.05) is 37.0 Å². The fourth-order valence-electron chi connectivity index (χ4n) is 4.50. The Bertz CT molecular complexity index is 900. The van der Waals surface area contributed by atoms with E-state index in [1.165, 1.54) is 4.90 Å². The van der Waals surface area contributed by atoms with Gasteiger partial charge in [0.05, 0.1) is 0 Å². The van der Waals surface area contributed by atoms with E-state index >= 15 is 0 Å². The Hall–Kier alpha value is -2.51. The molecule has 1 saturated heterocycles. The summed E-state index contributed by atoms with van der Waals surface area (Å²) >= 11 is 0. The summed E-state index contributed by atoms with van der Waals surface area (Å²) < 4.78 is 45.7. The number of nitrogens with zero attached hydrogens (tertiary/aromatic N) is 2. The summed E-state index contributed by atoms with van der Waals surface area (Å²) in [7, 11) is 0. The second-order valence-corrected chi connectivity index (χ2v) is 10.5. The van der Waals surface area contributed by atoms with Crippen molar-refractivity contribution in [1.82, 2.24) is 9.80 Å². The molecule has 1 aliphatic heterocycles. The first kappa shape index (κ1) is 25.1. The second kappa shape index (κ2) is 9.03. The second-order valence-electron chi connectivity index (χ2n) is 10.5. The molecule has 2 fully saturated rings. The van der Waals surface area contributed by atoms with E-state index in [1.807, 2.05) is 50.3 Å². The number of hydrogen-bond donors (Lipinski definition) is 0. The molecule has 2 aliphatic rings. The SMILES string of the molecule is CC/C(=C\c1ccccc1)[C@@H]1C[C@H]1N(CC1(C)CN(C(=O)OC(C)(C)C)C1)C(=O)C(F)(F)F. The van der Waals surface area contributed by atoms with E-state index < -0.39 is 35.2 Å². The van der Waals surface area contributed by atoms with E-state index in [9.17, 15) is 22.8 Å². The average molecular weight is 467 g/mol. The van der Waals surface area contributed by atoms with Gasteiger partial charge in [0.25, 0.3) is 0 Å². The summed E-state index contributed by atoms with van der Waals surface area (Å²) in [6.45, 7) is 9.52. The van der Waals surface area contributed by atoms with Crippen LogP contribution in [-0.4, -0.2) is 59.3 Å². The molecular formula is C25H33F3N2O3. The molecule has 0 bridgehead atoms. The number of benzene rings is 1. The van der Waals surface area contributed by atoms with Crippen LogP contribution in [0.15, 0.2) is 35.9 Å². The van der Waals surface area contributed by atoms with Crippen molar-refractivity contribution in [3.63, 3.8) is 0 Å². The molecule has 0 unspecified atom stereocenters.